The SMILES string of the molecule is Cc1cc(F)cc(C(O)C2=COCCC2)c1. The zero-order valence-electron chi connectivity index (χ0n) is 9.24. The molecule has 1 aromatic carbocycles. The van der Waals surface area contributed by atoms with E-state index in [1.165, 1.54) is 12.1 Å². The van der Waals surface area contributed by atoms with E-state index in [4.69, 9.17) is 4.74 Å². The van der Waals surface area contributed by atoms with Crippen molar-refractivity contribution in [2.75, 3.05) is 6.61 Å². The Hall–Kier alpha value is -1.35. The molecule has 0 fully saturated rings. The Kier molecular flexibility index (Phi) is 3.25. The first-order valence-electron chi connectivity index (χ1n) is 5.42. The highest BCUT2D eigenvalue weighted by Crippen LogP contribution is 2.28. The molecule has 16 heavy (non-hydrogen) atoms. The second-order valence-electron chi connectivity index (χ2n) is 4.13. The van der Waals surface area contributed by atoms with Gasteiger partial charge in [0.25, 0.3) is 0 Å². The first-order chi connectivity index (χ1) is 7.66. The summed E-state index contributed by atoms with van der Waals surface area (Å²) in [5, 5.41) is 10.1. The van der Waals surface area contributed by atoms with Crippen molar-refractivity contribution in [3.05, 3.63) is 47.0 Å². The van der Waals surface area contributed by atoms with Crippen LogP contribution < -0.4 is 0 Å². The second-order valence-corrected chi connectivity index (χ2v) is 4.13. The molecular formula is C13H15FO2. The van der Waals surface area contributed by atoms with Gasteiger partial charge in [-0.3, -0.25) is 0 Å². The summed E-state index contributed by atoms with van der Waals surface area (Å²) >= 11 is 0. The molecule has 0 amide bonds. The highest BCUT2D eigenvalue weighted by atomic mass is 19.1. The van der Waals surface area contributed by atoms with Gasteiger partial charge in [0, 0.05) is 0 Å². The van der Waals surface area contributed by atoms with Crippen LogP contribution in [0.4, 0.5) is 4.39 Å². The minimum absolute atomic E-state index is 0.314. The number of aliphatic hydroxyl groups is 1. The van der Waals surface area contributed by atoms with Gasteiger partial charge < -0.3 is 9.84 Å². The first-order valence-corrected chi connectivity index (χ1v) is 5.42. The van der Waals surface area contributed by atoms with Gasteiger partial charge in [0.05, 0.1) is 12.9 Å². The van der Waals surface area contributed by atoms with E-state index in [1.54, 1.807) is 12.3 Å². The van der Waals surface area contributed by atoms with E-state index in [1.807, 2.05) is 6.92 Å². The number of hydrogen-bond acceptors (Lipinski definition) is 2. The second kappa shape index (κ2) is 4.66. The standard InChI is InChI=1S/C13H15FO2/c1-9-5-11(7-12(14)6-9)13(15)10-3-2-4-16-8-10/h5-8,13,15H,2-4H2,1H3. The monoisotopic (exact) mass is 222 g/mol. The van der Waals surface area contributed by atoms with Gasteiger partial charge in [0.1, 0.15) is 11.9 Å². The largest absolute Gasteiger partial charge is 0.501 e. The highest BCUT2D eigenvalue weighted by molar-refractivity contribution is 5.30. The number of ether oxygens (including phenoxy) is 1. The van der Waals surface area contributed by atoms with Crippen molar-refractivity contribution >= 4 is 0 Å². The first kappa shape index (κ1) is 11.1. The number of hydrogen-bond donors (Lipinski definition) is 1. The maximum absolute atomic E-state index is 13.2. The van der Waals surface area contributed by atoms with E-state index in [-0.39, 0.29) is 5.82 Å². The van der Waals surface area contributed by atoms with Gasteiger partial charge in [-0.05, 0) is 48.6 Å². The third-order valence-electron chi connectivity index (χ3n) is 2.69. The van der Waals surface area contributed by atoms with Crippen LogP contribution in [0.1, 0.15) is 30.1 Å². The van der Waals surface area contributed by atoms with Crippen molar-refractivity contribution in [2.45, 2.75) is 25.9 Å². The fraction of sp³-hybridized carbons (Fsp3) is 0.385. The Morgan fingerprint density at radius 1 is 1.38 bits per heavy atom. The van der Waals surface area contributed by atoms with Crippen LogP contribution >= 0.6 is 0 Å². The van der Waals surface area contributed by atoms with Crippen molar-refractivity contribution in [1.29, 1.82) is 0 Å². The fourth-order valence-corrected chi connectivity index (χ4v) is 1.92. The summed E-state index contributed by atoms with van der Waals surface area (Å²) in [6, 6.07) is 4.61. The zero-order valence-corrected chi connectivity index (χ0v) is 9.24. The molecule has 1 aromatic rings. The summed E-state index contributed by atoms with van der Waals surface area (Å²) < 4.78 is 18.4. The molecule has 0 bridgehead atoms. The Balaban J connectivity index is 2.25. The minimum atomic E-state index is -0.755. The van der Waals surface area contributed by atoms with Crippen LogP contribution in [0.5, 0.6) is 0 Å². The van der Waals surface area contributed by atoms with E-state index < -0.39 is 6.10 Å². The molecule has 0 saturated carbocycles. The Morgan fingerprint density at radius 2 is 2.19 bits per heavy atom. The predicted octanol–water partition coefficient (Wildman–Crippen LogP) is 2.86. The van der Waals surface area contributed by atoms with Gasteiger partial charge in [-0.15, -0.1) is 0 Å². The van der Waals surface area contributed by atoms with Gasteiger partial charge in [-0.1, -0.05) is 6.07 Å². The molecule has 1 aliphatic heterocycles. The molecule has 1 N–H and O–H groups in total. The summed E-state index contributed by atoms with van der Waals surface area (Å²) in [5.41, 5.74) is 2.22. The predicted molar refractivity (Wildman–Crippen MR) is 59.4 cm³/mol. The molecule has 0 spiro atoms. The minimum Gasteiger partial charge on any atom is -0.501 e. The Bertz CT molecular complexity index is 392. The van der Waals surface area contributed by atoms with Crippen molar-refractivity contribution in [2.24, 2.45) is 0 Å². The Morgan fingerprint density at radius 3 is 2.81 bits per heavy atom. The number of halogens is 1. The molecule has 0 aromatic heterocycles. The summed E-state index contributed by atoms with van der Waals surface area (Å²) in [6.07, 6.45) is 2.54. The molecule has 86 valence electrons. The summed E-state index contributed by atoms with van der Waals surface area (Å²) in [4.78, 5) is 0. The molecule has 2 nitrogen and oxygen atoms in total. The lowest BCUT2D eigenvalue weighted by Crippen LogP contribution is -2.08. The highest BCUT2D eigenvalue weighted by Gasteiger charge is 2.17. The van der Waals surface area contributed by atoms with E-state index >= 15 is 0 Å². The molecule has 0 saturated heterocycles. The summed E-state index contributed by atoms with van der Waals surface area (Å²) in [6.45, 7) is 2.50. The van der Waals surface area contributed by atoms with Crippen molar-refractivity contribution in [1.82, 2.24) is 0 Å². The maximum atomic E-state index is 13.2. The van der Waals surface area contributed by atoms with Crippen LogP contribution in [-0.2, 0) is 4.74 Å². The smallest absolute Gasteiger partial charge is 0.123 e. The molecule has 0 aliphatic carbocycles. The van der Waals surface area contributed by atoms with Gasteiger partial charge in [-0.25, -0.2) is 4.39 Å². The van der Waals surface area contributed by atoms with Crippen molar-refractivity contribution in [3.8, 4) is 0 Å². The molecule has 1 heterocycles. The van der Waals surface area contributed by atoms with Crippen LogP contribution in [0.3, 0.4) is 0 Å². The van der Waals surface area contributed by atoms with Crippen LogP contribution in [0.15, 0.2) is 30.0 Å². The van der Waals surface area contributed by atoms with Gasteiger partial charge in [0.2, 0.25) is 0 Å². The molecular weight excluding hydrogens is 207 g/mol. The van der Waals surface area contributed by atoms with Gasteiger partial charge in [-0.2, -0.15) is 0 Å². The molecule has 1 atom stereocenters. The van der Waals surface area contributed by atoms with Gasteiger partial charge >= 0.3 is 0 Å². The van der Waals surface area contributed by atoms with Crippen LogP contribution in [-0.4, -0.2) is 11.7 Å². The lowest BCUT2D eigenvalue weighted by atomic mass is 9.97. The van der Waals surface area contributed by atoms with E-state index in [2.05, 4.69) is 0 Å². The average molecular weight is 222 g/mol. The zero-order chi connectivity index (χ0) is 11.5. The quantitative estimate of drug-likeness (QED) is 0.833. The molecule has 1 unspecified atom stereocenters. The average Bonchev–Trinajstić information content (AvgIpc) is 2.28. The molecule has 2 rings (SSSR count). The van der Waals surface area contributed by atoms with Crippen LogP contribution in [0, 0.1) is 12.7 Å². The summed E-state index contributed by atoms with van der Waals surface area (Å²) in [5.74, 6) is -0.314. The third kappa shape index (κ3) is 2.42. The summed E-state index contributed by atoms with van der Waals surface area (Å²) in [7, 11) is 0. The fourth-order valence-electron chi connectivity index (χ4n) is 1.92. The van der Waals surface area contributed by atoms with E-state index in [0.717, 1.165) is 24.0 Å². The number of rotatable bonds is 2. The van der Waals surface area contributed by atoms with Crippen LogP contribution in [0.2, 0.25) is 0 Å². The number of aliphatic hydroxyl groups excluding tert-OH is 1. The molecule has 0 radical (unpaired) electrons. The lowest BCUT2D eigenvalue weighted by Gasteiger charge is -2.19. The number of aryl methyl sites for hydroxylation is 1. The number of benzene rings is 1. The normalized spacial score (nSPS) is 17.6. The van der Waals surface area contributed by atoms with Gasteiger partial charge in [0.15, 0.2) is 0 Å². The molecule has 3 heteroatoms. The lowest BCUT2D eigenvalue weighted by molar-refractivity contribution is 0.170. The van der Waals surface area contributed by atoms with E-state index in [0.29, 0.717) is 12.2 Å². The van der Waals surface area contributed by atoms with Crippen molar-refractivity contribution in [3.63, 3.8) is 0 Å². The van der Waals surface area contributed by atoms with E-state index in [9.17, 15) is 9.50 Å². The maximum Gasteiger partial charge on any atom is 0.123 e. The third-order valence-corrected chi connectivity index (χ3v) is 2.69. The van der Waals surface area contributed by atoms with Crippen LogP contribution in [0.25, 0.3) is 0 Å². The topological polar surface area (TPSA) is 29.5 Å². The molecule has 1 aliphatic rings. The van der Waals surface area contributed by atoms with Crippen molar-refractivity contribution < 1.29 is 14.2 Å². The Labute approximate surface area is 94.4 Å².